The molecule has 2 atom stereocenters. The van der Waals surface area contributed by atoms with Gasteiger partial charge in [0.1, 0.15) is 23.7 Å². The van der Waals surface area contributed by atoms with E-state index in [-0.39, 0.29) is 11.9 Å². The van der Waals surface area contributed by atoms with Gasteiger partial charge in [0.05, 0.1) is 11.8 Å². The summed E-state index contributed by atoms with van der Waals surface area (Å²) in [6.45, 7) is 1.84. The van der Waals surface area contributed by atoms with Gasteiger partial charge in [-0.15, -0.1) is 0 Å². The highest BCUT2D eigenvalue weighted by Crippen LogP contribution is 2.22. The third kappa shape index (κ3) is 2.89. The first-order valence-corrected chi connectivity index (χ1v) is 7.13. The van der Waals surface area contributed by atoms with Gasteiger partial charge in [0.25, 0.3) is 5.91 Å². The number of benzene rings is 1. The van der Waals surface area contributed by atoms with Crippen LogP contribution >= 0.6 is 0 Å². The number of carbonyl (C=O) groups excluding carboxylic acids is 1. The second-order valence-corrected chi connectivity index (χ2v) is 5.29. The van der Waals surface area contributed by atoms with E-state index < -0.39 is 6.10 Å². The van der Waals surface area contributed by atoms with Crippen LogP contribution in [0.5, 0.6) is 0 Å². The van der Waals surface area contributed by atoms with E-state index in [1.54, 1.807) is 12.1 Å². The van der Waals surface area contributed by atoms with Gasteiger partial charge in [-0.3, -0.25) is 4.79 Å². The molecule has 1 aromatic carbocycles. The minimum atomic E-state index is -0.744. The van der Waals surface area contributed by atoms with Gasteiger partial charge >= 0.3 is 0 Å². The van der Waals surface area contributed by atoms with Crippen molar-refractivity contribution in [3.05, 3.63) is 60.2 Å². The molecule has 0 saturated heterocycles. The molecule has 5 nitrogen and oxygen atoms in total. The topological polar surface area (TPSA) is 75.6 Å². The molecule has 0 saturated carbocycles. The third-order valence-corrected chi connectivity index (χ3v) is 3.55. The molecule has 0 bridgehead atoms. The molecule has 0 fully saturated rings. The second kappa shape index (κ2) is 6.07. The smallest absolute Gasteiger partial charge is 0.255 e. The molecule has 114 valence electrons. The molecule has 0 aliphatic rings. The van der Waals surface area contributed by atoms with Gasteiger partial charge in [0.15, 0.2) is 0 Å². The van der Waals surface area contributed by atoms with Crippen molar-refractivity contribution in [3.63, 3.8) is 0 Å². The summed E-state index contributed by atoms with van der Waals surface area (Å²) in [6.07, 6.45) is 2.59. The molecule has 2 heterocycles. The molecule has 22 heavy (non-hydrogen) atoms. The number of hydrogen-bond acceptors (Lipinski definition) is 4. The summed E-state index contributed by atoms with van der Waals surface area (Å²) >= 11 is 0. The van der Waals surface area contributed by atoms with E-state index in [1.807, 2.05) is 31.2 Å². The van der Waals surface area contributed by atoms with Crippen LogP contribution in [0, 0.1) is 0 Å². The van der Waals surface area contributed by atoms with Crippen molar-refractivity contribution in [1.82, 2.24) is 5.32 Å². The Labute approximate surface area is 127 Å². The summed E-state index contributed by atoms with van der Waals surface area (Å²) < 4.78 is 10.5. The van der Waals surface area contributed by atoms with E-state index >= 15 is 0 Å². The zero-order valence-electron chi connectivity index (χ0n) is 12.2. The number of para-hydroxylation sites is 1. The normalized spacial score (nSPS) is 13.9. The Balaban J connectivity index is 1.66. The lowest BCUT2D eigenvalue weighted by atomic mass is 10.1. The largest absolute Gasteiger partial charge is 0.467 e. The molecule has 0 radical (unpaired) electrons. The fourth-order valence-electron chi connectivity index (χ4n) is 2.45. The Kier molecular flexibility index (Phi) is 3.98. The Morgan fingerprint density at radius 3 is 2.82 bits per heavy atom. The second-order valence-electron chi connectivity index (χ2n) is 5.29. The summed E-state index contributed by atoms with van der Waals surface area (Å²) in [7, 11) is 0. The lowest BCUT2D eigenvalue weighted by Crippen LogP contribution is -2.33. The number of rotatable bonds is 5. The van der Waals surface area contributed by atoms with E-state index in [4.69, 9.17) is 8.83 Å². The zero-order chi connectivity index (χ0) is 15.5. The van der Waals surface area contributed by atoms with Crippen molar-refractivity contribution in [3.8, 4) is 0 Å². The lowest BCUT2D eigenvalue weighted by Gasteiger charge is -2.16. The molecule has 0 unspecified atom stereocenters. The van der Waals surface area contributed by atoms with E-state index in [1.165, 1.54) is 12.5 Å². The minimum Gasteiger partial charge on any atom is -0.467 e. The maximum Gasteiger partial charge on any atom is 0.255 e. The van der Waals surface area contributed by atoms with Gasteiger partial charge in [-0.2, -0.15) is 0 Å². The molecule has 3 aromatic rings. The third-order valence-electron chi connectivity index (χ3n) is 3.55. The van der Waals surface area contributed by atoms with Crippen LogP contribution in [0.2, 0.25) is 0 Å². The highest BCUT2D eigenvalue weighted by Gasteiger charge is 2.19. The number of furan rings is 2. The lowest BCUT2D eigenvalue weighted by molar-refractivity contribution is 0.0904. The monoisotopic (exact) mass is 299 g/mol. The predicted molar refractivity (Wildman–Crippen MR) is 81.4 cm³/mol. The van der Waals surface area contributed by atoms with E-state index in [0.717, 1.165) is 5.39 Å². The number of fused-ring (bicyclic) bond motifs is 1. The number of nitrogens with one attached hydrogen (secondary N) is 1. The molecular weight excluding hydrogens is 282 g/mol. The fraction of sp³-hybridized carbons (Fsp3) is 0.235. The summed E-state index contributed by atoms with van der Waals surface area (Å²) in [6, 6.07) is 10.6. The average molecular weight is 299 g/mol. The quantitative estimate of drug-likeness (QED) is 0.758. The molecule has 2 aromatic heterocycles. The number of aliphatic hydroxyl groups is 1. The van der Waals surface area contributed by atoms with Gasteiger partial charge in [-0.1, -0.05) is 18.2 Å². The molecule has 0 aliphatic carbocycles. The first-order chi connectivity index (χ1) is 10.6. The van der Waals surface area contributed by atoms with Gasteiger partial charge < -0.3 is 19.3 Å². The van der Waals surface area contributed by atoms with Gasteiger partial charge in [0, 0.05) is 17.8 Å². The van der Waals surface area contributed by atoms with E-state index in [2.05, 4.69) is 5.32 Å². The number of carbonyl (C=O) groups is 1. The molecular formula is C17H17NO4. The molecule has 0 spiro atoms. The maximum absolute atomic E-state index is 12.3. The van der Waals surface area contributed by atoms with Crippen LogP contribution in [0.4, 0.5) is 0 Å². The van der Waals surface area contributed by atoms with Crippen LogP contribution < -0.4 is 5.32 Å². The Morgan fingerprint density at radius 1 is 1.23 bits per heavy atom. The van der Waals surface area contributed by atoms with E-state index in [9.17, 15) is 9.90 Å². The average Bonchev–Trinajstić information content (AvgIpc) is 3.16. The number of hydrogen-bond donors (Lipinski definition) is 2. The molecule has 2 N–H and O–H groups in total. The van der Waals surface area contributed by atoms with Gasteiger partial charge in [-0.05, 0) is 25.1 Å². The van der Waals surface area contributed by atoms with Crippen LogP contribution in [0.3, 0.4) is 0 Å². The van der Waals surface area contributed by atoms with Gasteiger partial charge in [0.2, 0.25) is 0 Å². The Hall–Kier alpha value is -2.53. The summed E-state index contributed by atoms with van der Waals surface area (Å²) in [5.41, 5.74) is 1.17. The maximum atomic E-state index is 12.3. The number of amides is 1. The fourth-order valence-corrected chi connectivity index (χ4v) is 2.45. The van der Waals surface area contributed by atoms with Crippen LogP contribution in [-0.4, -0.2) is 17.1 Å². The Morgan fingerprint density at radius 2 is 2.05 bits per heavy atom. The predicted octanol–water partition coefficient (Wildman–Crippen LogP) is 3.27. The van der Waals surface area contributed by atoms with Crippen molar-refractivity contribution in [2.75, 3.05) is 0 Å². The van der Waals surface area contributed by atoms with Crippen LogP contribution in [0.25, 0.3) is 11.0 Å². The highest BCUT2D eigenvalue weighted by atomic mass is 16.4. The SMILES string of the molecule is C[C@H](C[C@@H](O)c1ccco1)NC(=O)c1coc2ccccc12. The van der Waals surface area contributed by atoms with Crippen molar-refractivity contribution in [2.24, 2.45) is 0 Å². The molecule has 3 rings (SSSR count). The highest BCUT2D eigenvalue weighted by molar-refractivity contribution is 6.05. The van der Waals surface area contributed by atoms with Crippen molar-refractivity contribution in [1.29, 1.82) is 0 Å². The summed E-state index contributed by atoms with van der Waals surface area (Å²) in [4.78, 5) is 12.3. The van der Waals surface area contributed by atoms with Gasteiger partial charge in [-0.25, -0.2) is 0 Å². The Bertz CT molecular complexity index is 760. The summed E-state index contributed by atoms with van der Waals surface area (Å²) in [5.74, 6) is 0.277. The molecule has 5 heteroatoms. The van der Waals surface area contributed by atoms with Crippen LogP contribution in [0.15, 0.2) is 57.8 Å². The van der Waals surface area contributed by atoms with Crippen LogP contribution in [-0.2, 0) is 0 Å². The summed E-state index contributed by atoms with van der Waals surface area (Å²) in [5, 5.41) is 13.7. The minimum absolute atomic E-state index is 0.207. The van der Waals surface area contributed by atoms with E-state index in [0.29, 0.717) is 23.3 Å². The van der Waals surface area contributed by atoms with Crippen molar-refractivity contribution in [2.45, 2.75) is 25.5 Å². The first-order valence-electron chi connectivity index (χ1n) is 7.13. The molecule has 0 aliphatic heterocycles. The molecule has 1 amide bonds. The van der Waals surface area contributed by atoms with Crippen molar-refractivity contribution < 1.29 is 18.7 Å². The standard InChI is InChI=1S/C17H17NO4/c1-11(9-14(19)16-7-4-8-21-16)18-17(20)13-10-22-15-6-3-2-5-12(13)15/h2-8,10-11,14,19H,9H2,1H3,(H,18,20)/t11-,14-/m1/s1. The number of aliphatic hydroxyl groups excluding tert-OH is 1. The zero-order valence-corrected chi connectivity index (χ0v) is 12.2. The first kappa shape index (κ1) is 14.4. The van der Waals surface area contributed by atoms with Crippen molar-refractivity contribution >= 4 is 16.9 Å². The van der Waals surface area contributed by atoms with Crippen LogP contribution in [0.1, 0.15) is 35.6 Å².